The summed E-state index contributed by atoms with van der Waals surface area (Å²) in [5.74, 6) is 0. The van der Waals surface area contributed by atoms with Crippen LogP contribution in [-0.2, 0) is 0 Å². The Balaban J connectivity index is 1.99. The van der Waals surface area contributed by atoms with Gasteiger partial charge >= 0.3 is 0 Å². The van der Waals surface area contributed by atoms with E-state index in [0.29, 0.717) is 12.1 Å². The molecule has 1 aliphatic heterocycles. The highest BCUT2D eigenvalue weighted by Gasteiger charge is 2.21. The normalized spacial score (nSPS) is 21.4. The molecule has 18 heavy (non-hydrogen) atoms. The summed E-state index contributed by atoms with van der Waals surface area (Å²) >= 11 is 0. The second-order valence-electron chi connectivity index (χ2n) is 5.45. The van der Waals surface area contributed by atoms with E-state index < -0.39 is 0 Å². The molecule has 0 radical (unpaired) electrons. The summed E-state index contributed by atoms with van der Waals surface area (Å²) in [4.78, 5) is 2.53. The SMILES string of the molecule is CCCC(c1ccccc1)N(C)CC1CCCN1. The molecule has 1 aromatic carbocycles. The Bertz CT molecular complexity index is 330. The van der Waals surface area contributed by atoms with Gasteiger partial charge in [-0.15, -0.1) is 0 Å². The standard InChI is InChI=1S/C16H26N2/c1-3-8-16(14-9-5-4-6-10-14)18(2)13-15-11-7-12-17-15/h4-6,9-10,15-17H,3,7-8,11-13H2,1-2H3. The second-order valence-corrected chi connectivity index (χ2v) is 5.45. The van der Waals surface area contributed by atoms with Gasteiger partial charge in [0, 0.05) is 18.6 Å². The molecule has 0 aromatic heterocycles. The van der Waals surface area contributed by atoms with Crippen LogP contribution < -0.4 is 5.32 Å². The van der Waals surface area contributed by atoms with Gasteiger partial charge in [-0.25, -0.2) is 0 Å². The monoisotopic (exact) mass is 246 g/mol. The highest BCUT2D eigenvalue weighted by Crippen LogP contribution is 2.25. The highest BCUT2D eigenvalue weighted by molar-refractivity contribution is 5.19. The van der Waals surface area contributed by atoms with E-state index in [1.807, 2.05) is 0 Å². The average Bonchev–Trinajstić information content (AvgIpc) is 2.89. The first-order valence-electron chi connectivity index (χ1n) is 7.30. The molecular formula is C16H26N2. The van der Waals surface area contributed by atoms with E-state index in [1.54, 1.807) is 0 Å². The molecule has 1 N–H and O–H groups in total. The highest BCUT2D eigenvalue weighted by atomic mass is 15.2. The van der Waals surface area contributed by atoms with Crippen molar-refractivity contribution in [2.45, 2.75) is 44.7 Å². The van der Waals surface area contributed by atoms with Gasteiger partial charge in [0.15, 0.2) is 0 Å². The second kappa shape index (κ2) is 6.91. The summed E-state index contributed by atoms with van der Waals surface area (Å²) in [5, 5.41) is 3.59. The Labute approximate surface area is 111 Å². The maximum Gasteiger partial charge on any atom is 0.0345 e. The first-order valence-corrected chi connectivity index (χ1v) is 7.30. The van der Waals surface area contributed by atoms with Gasteiger partial charge < -0.3 is 5.32 Å². The molecule has 2 atom stereocenters. The smallest absolute Gasteiger partial charge is 0.0345 e. The fourth-order valence-electron chi connectivity index (χ4n) is 2.98. The van der Waals surface area contributed by atoms with Crippen molar-refractivity contribution in [3.05, 3.63) is 35.9 Å². The van der Waals surface area contributed by atoms with E-state index >= 15 is 0 Å². The van der Waals surface area contributed by atoms with Crippen LogP contribution in [0.5, 0.6) is 0 Å². The van der Waals surface area contributed by atoms with Crippen LogP contribution in [0.3, 0.4) is 0 Å². The lowest BCUT2D eigenvalue weighted by molar-refractivity contribution is 0.212. The van der Waals surface area contributed by atoms with Crippen LogP contribution in [-0.4, -0.2) is 31.1 Å². The summed E-state index contributed by atoms with van der Waals surface area (Å²) in [5.41, 5.74) is 1.46. The predicted molar refractivity (Wildman–Crippen MR) is 77.7 cm³/mol. The first kappa shape index (κ1) is 13.6. The molecule has 100 valence electrons. The third-order valence-electron chi connectivity index (χ3n) is 3.95. The summed E-state index contributed by atoms with van der Waals surface area (Å²) in [6.45, 7) is 4.64. The molecule has 1 heterocycles. The molecule has 0 aliphatic carbocycles. The summed E-state index contributed by atoms with van der Waals surface area (Å²) in [6, 6.07) is 12.2. The minimum Gasteiger partial charge on any atom is -0.313 e. The van der Waals surface area contributed by atoms with Gasteiger partial charge in [-0.2, -0.15) is 0 Å². The minimum atomic E-state index is 0.568. The van der Waals surface area contributed by atoms with E-state index in [2.05, 4.69) is 54.5 Å². The van der Waals surface area contributed by atoms with Crippen LogP contribution in [0.25, 0.3) is 0 Å². The van der Waals surface area contributed by atoms with Crippen LogP contribution in [0, 0.1) is 0 Å². The molecule has 0 bridgehead atoms. The number of likely N-dealkylation sites (N-methyl/N-ethyl adjacent to an activating group) is 1. The molecule has 0 amide bonds. The van der Waals surface area contributed by atoms with Crippen molar-refractivity contribution < 1.29 is 0 Å². The van der Waals surface area contributed by atoms with Crippen molar-refractivity contribution >= 4 is 0 Å². The topological polar surface area (TPSA) is 15.3 Å². The Morgan fingerprint density at radius 2 is 2.11 bits per heavy atom. The fraction of sp³-hybridized carbons (Fsp3) is 0.625. The van der Waals surface area contributed by atoms with Gasteiger partial charge in [-0.1, -0.05) is 43.7 Å². The summed E-state index contributed by atoms with van der Waals surface area (Å²) in [7, 11) is 2.27. The molecule has 0 saturated carbocycles. The summed E-state index contributed by atoms with van der Waals surface area (Å²) in [6.07, 6.45) is 5.15. The molecular weight excluding hydrogens is 220 g/mol. The molecule has 1 fully saturated rings. The van der Waals surface area contributed by atoms with E-state index in [-0.39, 0.29) is 0 Å². The number of nitrogens with one attached hydrogen (secondary N) is 1. The molecule has 2 nitrogen and oxygen atoms in total. The molecule has 2 unspecified atom stereocenters. The molecule has 0 spiro atoms. The first-order chi connectivity index (χ1) is 8.81. The third kappa shape index (κ3) is 3.56. The lowest BCUT2D eigenvalue weighted by Gasteiger charge is -2.30. The number of benzene rings is 1. The lowest BCUT2D eigenvalue weighted by Crippen LogP contribution is -2.37. The summed E-state index contributed by atoms with van der Waals surface area (Å²) < 4.78 is 0. The lowest BCUT2D eigenvalue weighted by atomic mass is 10.0. The van der Waals surface area contributed by atoms with Gasteiger partial charge in [-0.3, -0.25) is 4.90 Å². The molecule has 2 rings (SSSR count). The van der Waals surface area contributed by atoms with E-state index in [9.17, 15) is 0 Å². The van der Waals surface area contributed by atoms with Gasteiger partial charge in [0.2, 0.25) is 0 Å². The van der Waals surface area contributed by atoms with Crippen molar-refractivity contribution in [1.82, 2.24) is 10.2 Å². The third-order valence-corrected chi connectivity index (χ3v) is 3.95. The Kier molecular flexibility index (Phi) is 5.21. The van der Waals surface area contributed by atoms with E-state index in [0.717, 1.165) is 0 Å². The Hall–Kier alpha value is -0.860. The zero-order chi connectivity index (χ0) is 12.8. The zero-order valence-electron chi connectivity index (χ0n) is 11.7. The van der Waals surface area contributed by atoms with Crippen molar-refractivity contribution in [3.8, 4) is 0 Å². The number of hydrogen-bond acceptors (Lipinski definition) is 2. The Morgan fingerprint density at radius 3 is 2.72 bits per heavy atom. The average molecular weight is 246 g/mol. The quantitative estimate of drug-likeness (QED) is 0.829. The number of rotatable bonds is 6. The number of hydrogen-bond donors (Lipinski definition) is 1. The minimum absolute atomic E-state index is 0.568. The van der Waals surface area contributed by atoms with Crippen LogP contribution in [0.1, 0.15) is 44.2 Å². The van der Waals surface area contributed by atoms with Crippen molar-refractivity contribution in [3.63, 3.8) is 0 Å². The maximum absolute atomic E-state index is 3.59. The largest absolute Gasteiger partial charge is 0.313 e. The molecule has 2 heteroatoms. The Morgan fingerprint density at radius 1 is 1.33 bits per heavy atom. The van der Waals surface area contributed by atoms with E-state index in [4.69, 9.17) is 0 Å². The van der Waals surface area contributed by atoms with Crippen LogP contribution in [0.15, 0.2) is 30.3 Å². The zero-order valence-corrected chi connectivity index (χ0v) is 11.7. The van der Waals surface area contributed by atoms with Crippen molar-refractivity contribution in [2.24, 2.45) is 0 Å². The number of nitrogens with zero attached hydrogens (tertiary/aromatic N) is 1. The van der Waals surface area contributed by atoms with Gasteiger partial charge in [0.25, 0.3) is 0 Å². The van der Waals surface area contributed by atoms with Gasteiger partial charge in [0.1, 0.15) is 0 Å². The van der Waals surface area contributed by atoms with Crippen molar-refractivity contribution in [1.29, 1.82) is 0 Å². The molecule has 1 saturated heterocycles. The fourth-order valence-corrected chi connectivity index (χ4v) is 2.98. The molecule has 1 aromatic rings. The van der Waals surface area contributed by atoms with Gasteiger partial charge in [-0.05, 0) is 38.4 Å². The van der Waals surface area contributed by atoms with Crippen LogP contribution in [0.2, 0.25) is 0 Å². The van der Waals surface area contributed by atoms with Crippen molar-refractivity contribution in [2.75, 3.05) is 20.1 Å². The van der Waals surface area contributed by atoms with Gasteiger partial charge in [0.05, 0.1) is 0 Å². The van der Waals surface area contributed by atoms with Crippen LogP contribution in [0.4, 0.5) is 0 Å². The van der Waals surface area contributed by atoms with Crippen LogP contribution >= 0.6 is 0 Å². The maximum atomic E-state index is 3.59. The van der Waals surface area contributed by atoms with E-state index in [1.165, 1.54) is 44.3 Å². The predicted octanol–water partition coefficient (Wildman–Crippen LogP) is 3.21. The molecule has 1 aliphatic rings.